The Hall–Kier alpha value is -0.120. The van der Waals surface area contributed by atoms with Crippen molar-refractivity contribution in [1.82, 2.24) is 10.4 Å². The molecule has 0 bridgehead atoms. The van der Waals surface area contributed by atoms with E-state index in [1.54, 1.807) is 0 Å². The van der Waals surface area contributed by atoms with Gasteiger partial charge in [0.25, 0.3) is 0 Å². The summed E-state index contributed by atoms with van der Waals surface area (Å²) in [5.74, 6) is 0. The van der Waals surface area contributed by atoms with Crippen molar-refractivity contribution in [1.29, 1.82) is 0 Å². The van der Waals surface area contributed by atoms with Gasteiger partial charge >= 0.3 is 0 Å². The summed E-state index contributed by atoms with van der Waals surface area (Å²) in [6, 6.07) is 0.742. The van der Waals surface area contributed by atoms with Gasteiger partial charge < -0.3 is 4.74 Å². The molecule has 3 fully saturated rings. The number of hydrogen-bond acceptors (Lipinski definition) is 3. The van der Waals surface area contributed by atoms with E-state index in [4.69, 9.17) is 4.74 Å². The molecular formula is C11H20N2O. The Morgan fingerprint density at radius 2 is 2.21 bits per heavy atom. The second kappa shape index (κ2) is 3.47. The number of rotatable bonds is 1. The van der Waals surface area contributed by atoms with Gasteiger partial charge in [0.05, 0.1) is 5.60 Å². The molecule has 1 spiro atoms. The lowest BCUT2D eigenvalue weighted by Gasteiger charge is -2.48. The summed E-state index contributed by atoms with van der Waals surface area (Å²) in [5.41, 5.74) is 3.79. The summed E-state index contributed by atoms with van der Waals surface area (Å²) in [7, 11) is 0. The molecule has 3 heteroatoms. The SMILES string of the molecule is C1CNN(C2CCOC3(CCC3)C2)C1. The van der Waals surface area contributed by atoms with Gasteiger partial charge in [-0.25, -0.2) is 5.01 Å². The zero-order valence-corrected chi connectivity index (χ0v) is 8.80. The minimum absolute atomic E-state index is 0.299. The first-order chi connectivity index (χ1) is 6.88. The topological polar surface area (TPSA) is 24.5 Å². The van der Waals surface area contributed by atoms with Crippen molar-refractivity contribution in [3.63, 3.8) is 0 Å². The minimum atomic E-state index is 0.299. The van der Waals surface area contributed by atoms with Crippen LogP contribution in [0, 0.1) is 0 Å². The first kappa shape index (κ1) is 9.13. The average molecular weight is 196 g/mol. The molecular weight excluding hydrogens is 176 g/mol. The van der Waals surface area contributed by atoms with E-state index < -0.39 is 0 Å². The first-order valence-corrected chi connectivity index (χ1v) is 6.02. The Labute approximate surface area is 85.8 Å². The van der Waals surface area contributed by atoms with E-state index in [0.717, 1.165) is 12.6 Å². The Morgan fingerprint density at radius 3 is 2.86 bits per heavy atom. The van der Waals surface area contributed by atoms with Crippen LogP contribution in [-0.4, -0.2) is 36.3 Å². The minimum Gasteiger partial charge on any atom is -0.375 e. The predicted octanol–water partition coefficient (Wildman–Crippen LogP) is 1.30. The van der Waals surface area contributed by atoms with E-state index in [-0.39, 0.29) is 0 Å². The highest BCUT2D eigenvalue weighted by Gasteiger charge is 2.44. The van der Waals surface area contributed by atoms with Crippen molar-refractivity contribution in [2.75, 3.05) is 19.7 Å². The van der Waals surface area contributed by atoms with Crippen molar-refractivity contribution < 1.29 is 4.74 Å². The van der Waals surface area contributed by atoms with Crippen LogP contribution in [0.2, 0.25) is 0 Å². The van der Waals surface area contributed by atoms with Gasteiger partial charge in [-0.1, -0.05) is 0 Å². The third-order valence-corrected chi connectivity index (χ3v) is 4.06. The van der Waals surface area contributed by atoms with Crippen LogP contribution in [0.3, 0.4) is 0 Å². The van der Waals surface area contributed by atoms with E-state index in [1.165, 1.54) is 51.6 Å². The van der Waals surface area contributed by atoms with Gasteiger partial charge in [-0.2, -0.15) is 0 Å². The largest absolute Gasteiger partial charge is 0.375 e. The highest BCUT2D eigenvalue weighted by Crippen LogP contribution is 2.43. The number of nitrogens with zero attached hydrogens (tertiary/aromatic N) is 1. The maximum Gasteiger partial charge on any atom is 0.0698 e. The lowest BCUT2D eigenvalue weighted by Crippen LogP contribution is -2.53. The Bertz CT molecular complexity index is 209. The molecule has 0 amide bonds. The third kappa shape index (κ3) is 1.47. The summed E-state index contributed by atoms with van der Waals surface area (Å²) in [4.78, 5) is 0. The summed E-state index contributed by atoms with van der Waals surface area (Å²) < 4.78 is 5.94. The molecule has 3 rings (SSSR count). The van der Waals surface area contributed by atoms with Crippen molar-refractivity contribution >= 4 is 0 Å². The van der Waals surface area contributed by atoms with Gasteiger partial charge in [0.15, 0.2) is 0 Å². The standard InChI is InChI=1S/C11H20N2O/c1-4-11(5-1)9-10(3-8-14-11)13-7-2-6-12-13/h10,12H,1-9H2. The zero-order chi connectivity index (χ0) is 9.43. The highest BCUT2D eigenvalue weighted by atomic mass is 16.5. The first-order valence-electron chi connectivity index (χ1n) is 6.02. The summed E-state index contributed by atoms with van der Waals surface area (Å²) in [6.07, 6.45) is 7.77. The molecule has 1 atom stereocenters. The fourth-order valence-corrected chi connectivity index (χ4v) is 3.05. The molecule has 1 saturated carbocycles. The summed E-state index contributed by atoms with van der Waals surface area (Å²) in [6.45, 7) is 3.38. The van der Waals surface area contributed by atoms with Crippen molar-refractivity contribution in [2.24, 2.45) is 0 Å². The molecule has 0 radical (unpaired) electrons. The molecule has 1 aliphatic carbocycles. The molecule has 14 heavy (non-hydrogen) atoms. The molecule has 3 nitrogen and oxygen atoms in total. The summed E-state index contributed by atoms with van der Waals surface area (Å²) in [5, 5.41) is 2.46. The molecule has 2 heterocycles. The maximum atomic E-state index is 5.94. The molecule has 2 saturated heterocycles. The van der Waals surface area contributed by atoms with Crippen molar-refractivity contribution in [2.45, 2.75) is 50.2 Å². The van der Waals surface area contributed by atoms with E-state index in [1.807, 2.05) is 0 Å². The van der Waals surface area contributed by atoms with E-state index in [0.29, 0.717) is 5.60 Å². The highest BCUT2D eigenvalue weighted by molar-refractivity contribution is 4.96. The van der Waals surface area contributed by atoms with Crippen LogP contribution in [0.1, 0.15) is 38.5 Å². The second-order valence-corrected chi connectivity index (χ2v) is 4.99. The molecule has 80 valence electrons. The number of hydrazine groups is 1. The number of ether oxygens (including phenoxy) is 1. The van der Waals surface area contributed by atoms with E-state index >= 15 is 0 Å². The Morgan fingerprint density at radius 1 is 1.29 bits per heavy atom. The molecule has 0 aromatic heterocycles. The predicted molar refractivity (Wildman–Crippen MR) is 54.9 cm³/mol. The molecule has 0 aromatic carbocycles. The van der Waals surface area contributed by atoms with E-state index in [9.17, 15) is 0 Å². The van der Waals surface area contributed by atoms with Crippen LogP contribution in [0.4, 0.5) is 0 Å². The second-order valence-electron chi connectivity index (χ2n) is 4.99. The van der Waals surface area contributed by atoms with Crippen LogP contribution >= 0.6 is 0 Å². The van der Waals surface area contributed by atoms with Gasteiger partial charge in [-0.15, -0.1) is 0 Å². The van der Waals surface area contributed by atoms with Gasteiger partial charge in [-0.05, 0) is 38.5 Å². The van der Waals surface area contributed by atoms with Crippen molar-refractivity contribution in [3.8, 4) is 0 Å². The Kier molecular flexibility index (Phi) is 2.26. The lowest BCUT2D eigenvalue weighted by molar-refractivity contribution is -0.150. The fourth-order valence-electron chi connectivity index (χ4n) is 3.05. The number of hydrogen-bond donors (Lipinski definition) is 1. The molecule has 1 N–H and O–H groups in total. The molecule has 3 aliphatic rings. The molecule has 2 aliphatic heterocycles. The molecule has 0 aromatic rings. The van der Waals surface area contributed by atoms with Gasteiger partial charge in [0.2, 0.25) is 0 Å². The lowest BCUT2D eigenvalue weighted by atomic mass is 9.74. The van der Waals surface area contributed by atoms with Crippen LogP contribution < -0.4 is 5.43 Å². The normalized spacial score (nSPS) is 37.3. The van der Waals surface area contributed by atoms with Gasteiger partial charge in [-0.3, -0.25) is 5.43 Å². The quantitative estimate of drug-likeness (QED) is 0.684. The molecule has 1 unspecified atom stereocenters. The van der Waals surface area contributed by atoms with Crippen LogP contribution in [-0.2, 0) is 4.74 Å². The monoisotopic (exact) mass is 196 g/mol. The third-order valence-electron chi connectivity index (χ3n) is 4.06. The van der Waals surface area contributed by atoms with E-state index in [2.05, 4.69) is 10.4 Å². The number of nitrogens with one attached hydrogen (secondary N) is 1. The maximum absolute atomic E-state index is 5.94. The average Bonchev–Trinajstić information content (AvgIpc) is 2.68. The smallest absolute Gasteiger partial charge is 0.0698 e. The van der Waals surface area contributed by atoms with Crippen molar-refractivity contribution in [3.05, 3.63) is 0 Å². The fraction of sp³-hybridized carbons (Fsp3) is 1.00. The Balaban J connectivity index is 1.63. The van der Waals surface area contributed by atoms with Gasteiger partial charge in [0.1, 0.15) is 0 Å². The van der Waals surface area contributed by atoms with Crippen LogP contribution in [0.25, 0.3) is 0 Å². The van der Waals surface area contributed by atoms with Gasteiger partial charge in [0, 0.05) is 25.7 Å². The summed E-state index contributed by atoms with van der Waals surface area (Å²) >= 11 is 0. The zero-order valence-electron chi connectivity index (χ0n) is 8.80. The van der Waals surface area contributed by atoms with Crippen LogP contribution in [0.15, 0.2) is 0 Å². The van der Waals surface area contributed by atoms with Crippen LogP contribution in [0.5, 0.6) is 0 Å².